The molecule has 2 N–H and O–H groups in total. The number of amides is 1. The standard InChI is InChI=1S/C11H17N3O2/c1-6-9(7(2)16-13-6)5-14(3)11(15)8-4-10(8)12/h8,10H,4-5,12H2,1-3H3. The smallest absolute Gasteiger partial charge is 0.227 e. The molecule has 5 heteroatoms. The summed E-state index contributed by atoms with van der Waals surface area (Å²) >= 11 is 0. The largest absolute Gasteiger partial charge is 0.361 e. The summed E-state index contributed by atoms with van der Waals surface area (Å²) in [5.41, 5.74) is 7.50. The fourth-order valence-electron chi connectivity index (χ4n) is 1.82. The highest BCUT2D eigenvalue weighted by Crippen LogP contribution is 2.30. The lowest BCUT2D eigenvalue weighted by Gasteiger charge is -2.16. The third-order valence-corrected chi connectivity index (χ3v) is 3.11. The van der Waals surface area contributed by atoms with E-state index in [0.717, 1.165) is 23.4 Å². The van der Waals surface area contributed by atoms with Gasteiger partial charge in [0, 0.05) is 18.7 Å². The van der Waals surface area contributed by atoms with Gasteiger partial charge in [0.15, 0.2) is 0 Å². The number of aromatic nitrogens is 1. The molecule has 1 aromatic rings. The summed E-state index contributed by atoms with van der Waals surface area (Å²) in [6.07, 6.45) is 0.810. The number of hydrogen-bond donors (Lipinski definition) is 1. The topological polar surface area (TPSA) is 72.4 Å². The summed E-state index contributed by atoms with van der Waals surface area (Å²) in [7, 11) is 1.79. The van der Waals surface area contributed by atoms with Crippen LogP contribution in [0.4, 0.5) is 0 Å². The molecular weight excluding hydrogens is 206 g/mol. The normalized spacial score (nSPS) is 23.2. The highest BCUT2D eigenvalue weighted by Gasteiger charge is 2.41. The van der Waals surface area contributed by atoms with Crippen LogP contribution in [0.1, 0.15) is 23.4 Å². The maximum Gasteiger partial charge on any atom is 0.227 e. The van der Waals surface area contributed by atoms with E-state index in [9.17, 15) is 4.79 Å². The van der Waals surface area contributed by atoms with Crippen LogP contribution >= 0.6 is 0 Å². The summed E-state index contributed by atoms with van der Waals surface area (Å²) in [6, 6.07) is 0.0552. The van der Waals surface area contributed by atoms with Crippen molar-refractivity contribution in [3.8, 4) is 0 Å². The van der Waals surface area contributed by atoms with Gasteiger partial charge in [0.05, 0.1) is 18.2 Å². The minimum Gasteiger partial charge on any atom is -0.361 e. The molecular formula is C11H17N3O2. The summed E-state index contributed by atoms with van der Waals surface area (Å²) in [5, 5.41) is 3.87. The molecule has 1 saturated carbocycles. The van der Waals surface area contributed by atoms with Gasteiger partial charge in [-0.1, -0.05) is 5.16 Å². The molecule has 1 aromatic heterocycles. The van der Waals surface area contributed by atoms with Crippen LogP contribution in [0.2, 0.25) is 0 Å². The number of carbonyl (C=O) groups is 1. The van der Waals surface area contributed by atoms with E-state index in [2.05, 4.69) is 5.16 Å². The predicted octanol–water partition coefficient (Wildman–Crippen LogP) is 0.597. The van der Waals surface area contributed by atoms with Crippen molar-refractivity contribution < 1.29 is 9.32 Å². The predicted molar refractivity (Wildman–Crippen MR) is 58.5 cm³/mol. The van der Waals surface area contributed by atoms with Crippen molar-refractivity contribution in [1.82, 2.24) is 10.1 Å². The lowest BCUT2D eigenvalue weighted by atomic mass is 10.2. The van der Waals surface area contributed by atoms with Gasteiger partial charge in [-0.15, -0.1) is 0 Å². The van der Waals surface area contributed by atoms with Crippen LogP contribution in [0.15, 0.2) is 4.52 Å². The number of carbonyl (C=O) groups excluding carboxylic acids is 1. The summed E-state index contributed by atoms with van der Waals surface area (Å²) in [6.45, 7) is 4.28. The quantitative estimate of drug-likeness (QED) is 0.814. The van der Waals surface area contributed by atoms with Crippen LogP contribution in [0.25, 0.3) is 0 Å². The second kappa shape index (κ2) is 3.90. The summed E-state index contributed by atoms with van der Waals surface area (Å²) < 4.78 is 5.06. The molecule has 0 aromatic carbocycles. The van der Waals surface area contributed by atoms with Crippen molar-refractivity contribution in [3.63, 3.8) is 0 Å². The van der Waals surface area contributed by atoms with Gasteiger partial charge < -0.3 is 15.2 Å². The second-order valence-corrected chi connectivity index (χ2v) is 4.50. The second-order valence-electron chi connectivity index (χ2n) is 4.50. The first kappa shape index (κ1) is 11.1. The fourth-order valence-corrected chi connectivity index (χ4v) is 1.82. The first-order valence-electron chi connectivity index (χ1n) is 5.43. The summed E-state index contributed by atoms with van der Waals surface area (Å²) in [4.78, 5) is 13.6. The minimum atomic E-state index is 0.0190. The number of hydrogen-bond acceptors (Lipinski definition) is 4. The van der Waals surface area contributed by atoms with Gasteiger partial charge in [-0.05, 0) is 20.3 Å². The van der Waals surface area contributed by atoms with Crippen molar-refractivity contribution in [2.24, 2.45) is 11.7 Å². The Morgan fingerprint density at radius 1 is 1.62 bits per heavy atom. The lowest BCUT2D eigenvalue weighted by molar-refractivity contribution is -0.131. The fraction of sp³-hybridized carbons (Fsp3) is 0.636. The van der Waals surface area contributed by atoms with E-state index in [-0.39, 0.29) is 17.9 Å². The number of nitrogens with zero attached hydrogens (tertiary/aromatic N) is 2. The van der Waals surface area contributed by atoms with Gasteiger partial charge in [0.1, 0.15) is 5.76 Å². The van der Waals surface area contributed by atoms with Gasteiger partial charge in [0.25, 0.3) is 0 Å². The maximum atomic E-state index is 11.9. The van der Waals surface area contributed by atoms with E-state index >= 15 is 0 Å². The molecule has 0 radical (unpaired) electrons. The summed E-state index contributed by atoms with van der Waals surface area (Å²) in [5.74, 6) is 0.912. The molecule has 16 heavy (non-hydrogen) atoms. The van der Waals surface area contributed by atoms with Crippen molar-refractivity contribution >= 4 is 5.91 Å². The molecule has 1 aliphatic carbocycles. The molecule has 1 amide bonds. The van der Waals surface area contributed by atoms with Crippen LogP contribution in [-0.2, 0) is 11.3 Å². The van der Waals surface area contributed by atoms with Crippen molar-refractivity contribution in [3.05, 3.63) is 17.0 Å². The zero-order valence-electron chi connectivity index (χ0n) is 9.86. The van der Waals surface area contributed by atoms with E-state index < -0.39 is 0 Å². The van der Waals surface area contributed by atoms with Crippen LogP contribution < -0.4 is 5.73 Å². The molecule has 1 aliphatic rings. The molecule has 88 valence electrons. The Morgan fingerprint density at radius 3 is 2.69 bits per heavy atom. The van der Waals surface area contributed by atoms with E-state index in [1.165, 1.54) is 0 Å². The molecule has 0 aliphatic heterocycles. The van der Waals surface area contributed by atoms with Gasteiger partial charge >= 0.3 is 0 Å². The molecule has 0 bridgehead atoms. The Morgan fingerprint density at radius 2 is 2.25 bits per heavy atom. The third kappa shape index (κ3) is 1.95. The third-order valence-electron chi connectivity index (χ3n) is 3.11. The average molecular weight is 223 g/mol. The molecule has 2 rings (SSSR count). The zero-order valence-corrected chi connectivity index (χ0v) is 9.86. The van der Waals surface area contributed by atoms with Crippen molar-refractivity contribution in [2.75, 3.05) is 7.05 Å². The maximum absolute atomic E-state index is 11.9. The molecule has 0 saturated heterocycles. The average Bonchev–Trinajstić information content (AvgIpc) is 2.90. The van der Waals surface area contributed by atoms with E-state index in [4.69, 9.17) is 10.3 Å². The van der Waals surface area contributed by atoms with Crippen LogP contribution in [0.3, 0.4) is 0 Å². The number of nitrogens with two attached hydrogens (primary N) is 1. The molecule has 1 heterocycles. The zero-order chi connectivity index (χ0) is 11.9. The Labute approximate surface area is 94.6 Å². The van der Waals surface area contributed by atoms with Crippen LogP contribution in [0, 0.1) is 19.8 Å². The Kier molecular flexibility index (Phi) is 2.71. The van der Waals surface area contributed by atoms with Crippen molar-refractivity contribution in [2.45, 2.75) is 32.9 Å². The van der Waals surface area contributed by atoms with Gasteiger partial charge in [-0.3, -0.25) is 4.79 Å². The van der Waals surface area contributed by atoms with Crippen molar-refractivity contribution in [1.29, 1.82) is 0 Å². The molecule has 5 nitrogen and oxygen atoms in total. The lowest BCUT2D eigenvalue weighted by Crippen LogP contribution is -2.30. The molecule has 2 atom stereocenters. The number of rotatable bonds is 3. The monoisotopic (exact) mass is 223 g/mol. The highest BCUT2D eigenvalue weighted by atomic mass is 16.5. The van der Waals surface area contributed by atoms with Gasteiger partial charge in [0.2, 0.25) is 5.91 Å². The van der Waals surface area contributed by atoms with Crippen LogP contribution in [0.5, 0.6) is 0 Å². The Bertz CT molecular complexity index is 394. The van der Waals surface area contributed by atoms with Crippen LogP contribution in [-0.4, -0.2) is 29.1 Å². The molecule has 2 unspecified atom stereocenters. The van der Waals surface area contributed by atoms with Gasteiger partial charge in [-0.25, -0.2) is 0 Å². The molecule has 0 spiro atoms. The Balaban J connectivity index is 2.02. The minimum absolute atomic E-state index is 0.0190. The Hall–Kier alpha value is -1.36. The van der Waals surface area contributed by atoms with E-state index in [1.807, 2.05) is 13.8 Å². The SMILES string of the molecule is Cc1noc(C)c1CN(C)C(=O)C1CC1N. The first-order valence-corrected chi connectivity index (χ1v) is 5.43. The first-order chi connectivity index (χ1) is 7.50. The van der Waals surface area contributed by atoms with Gasteiger partial charge in [-0.2, -0.15) is 0 Å². The molecule has 1 fully saturated rings. The number of aryl methyl sites for hydroxylation is 2. The highest BCUT2D eigenvalue weighted by molar-refractivity contribution is 5.82. The van der Waals surface area contributed by atoms with E-state index in [0.29, 0.717) is 6.54 Å². The van der Waals surface area contributed by atoms with E-state index in [1.54, 1.807) is 11.9 Å².